The molecule has 76 valence electrons. The van der Waals surface area contributed by atoms with E-state index in [1.807, 2.05) is 37.4 Å². The zero-order chi connectivity index (χ0) is 10.5. The first-order chi connectivity index (χ1) is 7.36. The van der Waals surface area contributed by atoms with Gasteiger partial charge in [0.1, 0.15) is 0 Å². The maximum atomic E-state index is 4.19. The Hall–Kier alpha value is -1.70. The molecule has 0 saturated heterocycles. The minimum absolute atomic E-state index is 0.316. The molecule has 0 atom stereocenters. The Morgan fingerprint density at radius 1 is 1.00 bits per heavy atom. The van der Waals surface area contributed by atoms with E-state index < -0.39 is 0 Å². The van der Waals surface area contributed by atoms with Crippen molar-refractivity contribution < 1.29 is 0 Å². The molecule has 0 unspecified atom stereocenters. The molecule has 2 aliphatic rings. The Bertz CT molecular complexity index is 371. The van der Waals surface area contributed by atoms with Gasteiger partial charge in [-0.3, -0.25) is 0 Å². The first-order valence-corrected chi connectivity index (χ1v) is 5.14. The van der Waals surface area contributed by atoms with Crippen molar-refractivity contribution in [2.75, 3.05) is 0 Å². The Morgan fingerprint density at radius 2 is 1.60 bits per heavy atom. The van der Waals surface area contributed by atoms with E-state index in [9.17, 15) is 0 Å². The Kier molecular flexibility index (Phi) is 3.08. The van der Waals surface area contributed by atoms with Gasteiger partial charge in [0.05, 0.1) is 0 Å². The van der Waals surface area contributed by atoms with Crippen LogP contribution in [0.25, 0.3) is 0 Å². The van der Waals surface area contributed by atoms with Crippen molar-refractivity contribution in [3.8, 4) is 0 Å². The van der Waals surface area contributed by atoms with Gasteiger partial charge in [-0.25, -0.2) is 0 Å². The van der Waals surface area contributed by atoms with E-state index in [-0.39, 0.29) is 0 Å². The van der Waals surface area contributed by atoms with Crippen molar-refractivity contribution >= 4 is 11.9 Å². The topological polar surface area (TPSA) is 24.7 Å². The van der Waals surface area contributed by atoms with Crippen LogP contribution in [0, 0.1) is 11.8 Å². The summed E-state index contributed by atoms with van der Waals surface area (Å²) < 4.78 is 0. The normalized spacial score (nSPS) is 21.5. The lowest BCUT2D eigenvalue weighted by Crippen LogP contribution is -2.02. The van der Waals surface area contributed by atoms with Crippen LogP contribution >= 0.6 is 0 Å². The van der Waals surface area contributed by atoms with Crippen molar-refractivity contribution in [2.24, 2.45) is 22.0 Å². The predicted molar refractivity (Wildman–Crippen MR) is 65.1 cm³/mol. The van der Waals surface area contributed by atoms with Crippen LogP contribution in [-0.2, 0) is 0 Å². The molecule has 15 heavy (non-hydrogen) atoms. The molecule has 2 rings (SSSR count). The molecule has 0 bridgehead atoms. The second-order valence-electron chi connectivity index (χ2n) is 3.65. The lowest BCUT2D eigenvalue weighted by Gasteiger charge is -2.01. The third kappa shape index (κ3) is 2.62. The van der Waals surface area contributed by atoms with Gasteiger partial charge in [-0.05, 0) is 6.92 Å². The summed E-state index contributed by atoms with van der Waals surface area (Å²) in [5, 5.41) is 8.28. The third-order valence-corrected chi connectivity index (χ3v) is 2.46. The second kappa shape index (κ2) is 4.69. The van der Waals surface area contributed by atoms with Crippen LogP contribution in [0.2, 0.25) is 0 Å². The molecule has 0 aliphatic heterocycles. The molecule has 2 heteroatoms. The maximum Gasteiger partial charge on any atom is 0.0481 e. The molecule has 0 spiro atoms. The van der Waals surface area contributed by atoms with Crippen molar-refractivity contribution in [3.05, 3.63) is 48.6 Å². The van der Waals surface area contributed by atoms with Gasteiger partial charge in [-0.15, -0.1) is 0 Å². The summed E-state index contributed by atoms with van der Waals surface area (Å²) in [6, 6.07) is 0. The highest BCUT2D eigenvalue weighted by Crippen LogP contribution is 2.11. The van der Waals surface area contributed by atoms with E-state index >= 15 is 0 Å². The summed E-state index contributed by atoms with van der Waals surface area (Å²) in [7, 11) is 0. The van der Waals surface area contributed by atoms with Crippen LogP contribution in [0.3, 0.4) is 0 Å². The summed E-state index contributed by atoms with van der Waals surface area (Å²) in [6.07, 6.45) is 18.4. The first-order valence-electron chi connectivity index (χ1n) is 5.14. The average molecular weight is 198 g/mol. The lowest BCUT2D eigenvalue weighted by atomic mass is 10.1. The van der Waals surface area contributed by atoms with Crippen LogP contribution in [0.1, 0.15) is 6.92 Å². The molecule has 0 radical (unpaired) electrons. The summed E-state index contributed by atoms with van der Waals surface area (Å²) in [4.78, 5) is 0. The second-order valence-corrected chi connectivity index (χ2v) is 3.65. The summed E-state index contributed by atoms with van der Waals surface area (Å²) in [5.41, 5.74) is 1.03. The third-order valence-electron chi connectivity index (χ3n) is 2.46. The van der Waals surface area contributed by atoms with Crippen molar-refractivity contribution in [1.82, 2.24) is 0 Å². The summed E-state index contributed by atoms with van der Waals surface area (Å²) in [6.45, 7) is 2.00. The highest BCUT2D eigenvalue weighted by Gasteiger charge is 2.06. The maximum absolute atomic E-state index is 4.19. The molecule has 0 saturated carbocycles. The monoisotopic (exact) mass is 198 g/mol. The molecule has 0 heterocycles. The highest BCUT2D eigenvalue weighted by molar-refractivity contribution is 5.88. The van der Waals surface area contributed by atoms with E-state index in [0.717, 1.165) is 5.71 Å². The number of hydrogen-bond acceptors (Lipinski definition) is 2. The van der Waals surface area contributed by atoms with Gasteiger partial charge in [-0.1, -0.05) is 48.6 Å². The molecule has 2 nitrogen and oxygen atoms in total. The largest absolute Gasteiger partial charge is 0.163 e. The molecule has 2 aliphatic carbocycles. The van der Waals surface area contributed by atoms with Crippen LogP contribution in [0.5, 0.6) is 0 Å². The van der Waals surface area contributed by atoms with E-state index in [1.54, 1.807) is 0 Å². The average Bonchev–Trinajstić information content (AvgIpc) is 2.90. The minimum atomic E-state index is 0.316. The zero-order valence-corrected chi connectivity index (χ0v) is 8.75. The van der Waals surface area contributed by atoms with Gasteiger partial charge in [0, 0.05) is 23.8 Å². The number of allylic oxidation sites excluding steroid dienone is 8. The van der Waals surface area contributed by atoms with Crippen LogP contribution in [0.15, 0.2) is 58.8 Å². The van der Waals surface area contributed by atoms with Crippen LogP contribution in [0.4, 0.5) is 0 Å². The molecule has 0 amide bonds. The summed E-state index contributed by atoms with van der Waals surface area (Å²) >= 11 is 0. The number of nitrogens with zero attached hydrogens (tertiary/aromatic N) is 2. The Morgan fingerprint density at radius 3 is 2.27 bits per heavy atom. The quantitative estimate of drug-likeness (QED) is 0.492. The van der Waals surface area contributed by atoms with E-state index in [4.69, 9.17) is 0 Å². The van der Waals surface area contributed by atoms with Crippen LogP contribution < -0.4 is 0 Å². The Labute approximate surface area is 90.1 Å². The van der Waals surface area contributed by atoms with Gasteiger partial charge in [0.2, 0.25) is 0 Å². The highest BCUT2D eigenvalue weighted by atomic mass is 15.2. The van der Waals surface area contributed by atoms with Gasteiger partial charge < -0.3 is 0 Å². The zero-order valence-electron chi connectivity index (χ0n) is 8.75. The standard InChI is InChI=1S/C13H14N2/c1-11(13-8-4-5-9-13)15-14-10-12-6-2-3-7-12/h2-10,12-13H,1H3/b14-10+,15-11-. The number of rotatable bonds is 3. The molecular weight excluding hydrogens is 184 g/mol. The molecule has 0 aromatic heterocycles. The fourth-order valence-electron chi connectivity index (χ4n) is 1.53. The molecular formula is C13H14N2. The van der Waals surface area contributed by atoms with Gasteiger partial charge in [-0.2, -0.15) is 10.2 Å². The van der Waals surface area contributed by atoms with Gasteiger partial charge in [0.15, 0.2) is 0 Å². The number of hydrogen-bond donors (Lipinski definition) is 0. The van der Waals surface area contributed by atoms with Gasteiger partial charge >= 0.3 is 0 Å². The Balaban J connectivity index is 1.92. The van der Waals surface area contributed by atoms with E-state index in [2.05, 4.69) is 34.5 Å². The van der Waals surface area contributed by atoms with Crippen molar-refractivity contribution in [1.29, 1.82) is 0 Å². The molecule has 0 fully saturated rings. The smallest absolute Gasteiger partial charge is 0.0481 e. The fourth-order valence-corrected chi connectivity index (χ4v) is 1.53. The van der Waals surface area contributed by atoms with E-state index in [0.29, 0.717) is 11.8 Å². The minimum Gasteiger partial charge on any atom is -0.163 e. The van der Waals surface area contributed by atoms with Crippen molar-refractivity contribution in [3.63, 3.8) is 0 Å². The van der Waals surface area contributed by atoms with Crippen molar-refractivity contribution in [2.45, 2.75) is 6.92 Å². The van der Waals surface area contributed by atoms with E-state index in [1.165, 1.54) is 0 Å². The first kappa shape index (κ1) is 9.84. The van der Waals surface area contributed by atoms with Gasteiger partial charge in [0.25, 0.3) is 0 Å². The molecule has 0 aromatic carbocycles. The predicted octanol–water partition coefficient (Wildman–Crippen LogP) is 2.92. The fraction of sp³-hybridized carbons (Fsp3) is 0.231. The molecule has 0 N–H and O–H groups in total. The molecule has 0 aromatic rings. The van der Waals surface area contributed by atoms with Crippen LogP contribution in [-0.4, -0.2) is 11.9 Å². The lowest BCUT2D eigenvalue weighted by molar-refractivity contribution is 1.08. The SMILES string of the molecule is C/C(=N/N=C/C1C=CC=C1)C1C=CC=C1. The summed E-state index contributed by atoms with van der Waals surface area (Å²) in [5.74, 6) is 0.646.